The summed E-state index contributed by atoms with van der Waals surface area (Å²) in [7, 11) is 0. The van der Waals surface area contributed by atoms with Crippen LogP contribution < -0.4 is 5.32 Å². The summed E-state index contributed by atoms with van der Waals surface area (Å²) in [5.74, 6) is -0.142. The largest absolute Gasteiger partial charge is 0.310 e. The lowest BCUT2D eigenvalue weighted by molar-refractivity contribution is 0.398. The quantitative estimate of drug-likeness (QED) is 0.773. The van der Waals surface area contributed by atoms with Crippen molar-refractivity contribution < 1.29 is 4.39 Å². The summed E-state index contributed by atoms with van der Waals surface area (Å²) < 4.78 is 13.7. The van der Waals surface area contributed by atoms with E-state index >= 15 is 0 Å². The molecule has 1 aromatic carbocycles. The van der Waals surface area contributed by atoms with E-state index in [2.05, 4.69) is 5.32 Å². The maximum atomic E-state index is 13.7. The van der Waals surface area contributed by atoms with Crippen molar-refractivity contribution in [2.24, 2.45) is 0 Å². The molecule has 1 N–H and O–H groups in total. The minimum absolute atomic E-state index is 0.137. The monoisotopic (exact) mass is 227 g/mol. The number of benzene rings is 1. The van der Waals surface area contributed by atoms with Crippen LogP contribution in [0.1, 0.15) is 36.4 Å². The van der Waals surface area contributed by atoms with Crippen LogP contribution in [0.15, 0.2) is 12.1 Å². The number of hydrogen-bond acceptors (Lipinski definition) is 1. The second-order valence-electron chi connectivity index (χ2n) is 4.07. The first-order chi connectivity index (χ1) is 7.20. The van der Waals surface area contributed by atoms with E-state index in [4.69, 9.17) is 11.6 Å². The average Bonchev–Trinajstić information content (AvgIpc) is 2.26. The van der Waals surface area contributed by atoms with Crippen LogP contribution in [0.3, 0.4) is 0 Å². The van der Waals surface area contributed by atoms with Crippen LogP contribution in [0.4, 0.5) is 4.39 Å². The molecule has 1 unspecified atom stereocenters. The molecule has 0 bridgehead atoms. The number of halogens is 2. The predicted molar refractivity (Wildman–Crippen MR) is 60.7 cm³/mol. The van der Waals surface area contributed by atoms with E-state index in [1.807, 2.05) is 6.92 Å². The van der Waals surface area contributed by atoms with Crippen molar-refractivity contribution in [3.05, 3.63) is 34.1 Å². The Kier molecular flexibility index (Phi) is 3.27. The van der Waals surface area contributed by atoms with E-state index in [9.17, 15) is 4.39 Å². The zero-order valence-electron chi connectivity index (χ0n) is 8.82. The molecule has 0 aromatic heterocycles. The van der Waals surface area contributed by atoms with Crippen LogP contribution in [-0.4, -0.2) is 6.54 Å². The van der Waals surface area contributed by atoms with Crippen LogP contribution in [0.2, 0.25) is 5.02 Å². The molecule has 0 saturated carbocycles. The van der Waals surface area contributed by atoms with Crippen LogP contribution in [-0.2, 0) is 0 Å². The summed E-state index contributed by atoms with van der Waals surface area (Å²) in [5.41, 5.74) is 1.62. The summed E-state index contributed by atoms with van der Waals surface area (Å²) in [5, 5.41) is 4.00. The Bertz CT molecular complexity index is 359. The van der Waals surface area contributed by atoms with Gasteiger partial charge >= 0.3 is 0 Å². The van der Waals surface area contributed by atoms with Gasteiger partial charge in [-0.2, -0.15) is 0 Å². The van der Waals surface area contributed by atoms with E-state index in [1.165, 1.54) is 12.5 Å². The molecule has 1 heterocycles. The van der Waals surface area contributed by atoms with Gasteiger partial charge in [0.1, 0.15) is 5.82 Å². The zero-order valence-corrected chi connectivity index (χ0v) is 9.57. The third-order valence-corrected chi connectivity index (χ3v) is 3.46. The predicted octanol–water partition coefficient (Wildman–Crippen LogP) is 3.60. The van der Waals surface area contributed by atoms with Crippen LogP contribution in [0.25, 0.3) is 0 Å². The van der Waals surface area contributed by atoms with Crippen molar-refractivity contribution in [1.82, 2.24) is 5.32 Å². The molecule has 2 rings (SSSR count). The second kappa shape index (κ2) is 4.50. The van der Waals surface area contributed by atoms with Crippen molar-refractivity contribution >= 4 is 11.6 Å². The van der Waals surface area contributed by atoms with Gasteiger partial charge in [0.15, 0.2) is 0 Å². The fourth-order valence-corrected chi connectivity index (χ4v) is 2.36. The molecule has 1 nitrogen and oxygen atoms in total. The molecule has 1 fully saturated rings. The van der Waals surface area contributed by atoms with Crippen molar-refractivity contribution in [1.29, 1.82) is 0 Å². The number of nitrogens with one attached hydrogen (secondary N) is 1. The number of rotatable bonds is 1. The van der Waals surface area contributed by atoms with Crippen molar-refractivity contribution in [3.63, 3.8) is 0 Å². The Balaban J connectivity index is 2.36. The Morgan fingerprint density at radius 2 is 2.20 bits per heavy atom. The van der Waals surface area contributed by atoms with Gasteiger partial charge in [-0.1, -0.05) is 18.0 Å². The van der Waals surface area contributed by atoms with Gasteiger partial charge in [-0.3, -0.25) is 0 Å². The van der Waals surface area contributed by atoms with Crippen LogP contribution in [0.5, 0.6) is 0 Å². The fraction of sp³-hybridized carbons (Fsp3) is 0.500. The first-order valence-electron chi connectivity index (χ1n) is 5.38. The van der Waals surface area contributed by atoms with E-state index in [0.717, 1.165) is 30.5 Å². The summed E-state index contributed by atoms with van der Waals surface area (Å²) in [6, 6.07) is 3.22. The van der Waals surface area contributed by atoms with Gasteiger partial charge in [-0.25, -0.2) is 4.39 Å². The highest BCUT2D eigenvalue weighted by molar-refractivity contribution is 6.31. The normalized spacial score (nSPS) is 21.7. The fourth-order valence-electron chi connectivity index (χ4n) is 2.19. The number of piperidine rings is 1. The standard InChI is InChI=1S/C12H15ClFN/c1-8-9(13)5-6-10(14)12(8)11-4-2-3-7-15-11/h5-6,11,15H,2-4,7H2,1H3. The lowest BCUT2D eigenvalue weighted by Crippen LogP contribution is -2.28. The first-order valence-corrected chi connectivity index (χ1v) is 5.76. The van der Waals surface area contributed by atoms with Gasteiger partial charge in [0.25, 0.3) is 0 Å². The van der Waals surface area contributed by atoms with Gasteiger partial charge < -0.3 is 5.32 Å². The zero-order chi connectivity index (χ0) is 10.8. The smallest absolute Gasteiger partial charge is 0.128 e. The molecule has 82 valence electrons. The van der Waals surface area contributed by atoms with Crippen LogP contribution in [0, 0.1) is 12.7 Å². The number of hydrogen-bond donors (Lipinski definition) is 1. The minimum atomic E-state index is -0.142. The van der Waals surface area contributed by atoms with Gasteiger partial charge in [-0.05, 0) is 44.0 Å². The molecule has 3 heteroatoms. The molecule has 1 aliphatic rings. The second-order valence-corrected chi connectivity index (χ2v) is 4.48. The lowest BCUT2D eigenvalue weighted by Gasteiger charge is -2.26. The summed E-state index contributed by atoms with van der Waals surface area (Å²) in [4.78, 5) is 0. The highest BCUT2D eigenvalue weighted by Gasteiger charge is 2.21. The van der Waals surface area contributed by atoms with Gasteiger partial charge in [0.2, 0.25) is 0 Å². The minimum Gasteiger partial charge on any atom is -0.310 e. The van der Waals surface area contributed by atoms with Crippen molar-refractivity contribution in [3.8, 4) is 0 Å². The third kappa shape index (κ3) is 2.16. The summed E-state index contributed by atoms with van der Waals surface area (Å²) in [6.45, 7) is 2.85. The molecule has 0 amide bonds. The molecule has 1 aromatic rings. The van der Waals surface area contributed by atoms with Gasteiger partial charge in [0, 0.05) is 16.6 Å². The first kappa shape index (κ1) is 10.9. The van der Waals surface area contributed by atoms with E-state index < -0.39 is 0 Å². The van der Waals surface area contributed by atoms with Crippen molar-refractivity contribution in [2.45, 2.75) is 32.2 Å². The molecule has 1 atom stereocenters. The Labute approximate surface area is 94.6 Å². The molecular weight excluding hydrogens is 213 g/mol. The molecule has 0 aliphatic carbocycles. The van der Waals surface area contributed by atoms with E-state index in [1.54, 1.807) is 6.07 Å². The SMILES string of the molecule is Cc1c(Cl)ccc(F)c1C1CCCCN1. The average molecular weight is 228 g/mol. The molecule has 1 saturated heterocycles. The van der Waals surface area contributed by atoms with Gasteiger partial charge in [0.05, 0.1) is 0 Å². The molecule has 0 radical (unpaired) electrons. The maximum absolute atomic E-state index is 13.7. The highest BCUT2D eigenvalue weighted by Crippen LogP contribution is 2.31. The maximum Gasteiger partial charge on any atom is 0.128 e. The summed E-state index contributed by atoms with van der Waals surface area (Å²) >= 11 is 6.01. The topological polar surface area (TPSA) is 12.0 Å². The summed E-state index contributed by atoms with van der Waals surface area (Å²) in [6.07, 6.45) is 3.33. The van der Waals surface area contributed by atoms with E-state index in [-0.39, 0.29) is 11.9 Å². The van der Waals surface area contributed by atoms with Crippen LogP contribution >= 0.6 is 11.6 Å². The third-order valence-electron chi connectivity index (χ3n) is 3.05. The Morgan fingerprint density at radius 1 is 1.40 bits per heavy atom. The molecule has 0 spiro atoms. The van der Waals surface area contributed by atoms with Crippen molar-refractivity contribution in [2.75, 3.05) is 6.54 Å². The Morgan fingerprint density at radius 3 is 2.87 bits per heavy atom. The van der Waals surface area contributed by atoms with E-state index in [0.29, 0.717) is 5.02 Å². The lowest BCUT2D eigenvalue weighted by atomic mass is 9.94. The Hall–Kier alpha value is -0.600. The molecular formula is C12H15ClFN. The molecule has 15 heavy (non-hydrogen) atoms. The highest BCUT2D eigenvalue weighted by atomic mass is 35.5. The van der Waals surface area contributed by atoms with Gasteiger partial charge in [-0.15, -0.1) is 0 Å². The molecule has 1 aliphatic heterocycles.